The van der Waals surface area contributed by atoms with Gasteiger partial charge in [-0.25, -0.2) is 9.78 Å². The first-order chi connectivity index (χ1) is 11.1. The molecule has 1 aliphatic rings. The zero-order valence-corrected chi connectivity index (χ0v) is 13.7. The normalized spacial score (nSPS) is 27.8. The maximum Gasteiger partial charge on any atom is 0.196 e. The molecule has 3 rings (SSSR count). The Hall–Kier alpha value is -1.88. The quantitative estimate of drug-likeness (QED) is 0.854. The molecule has 0 radical (unpaired) electrons. The van der Waals surface area contributed by atoms with Crippen LogP contribution >= 0.6 is 0 Å². The average molecular weight is 313 g/mol. The largest absolute Gasteiger partial charge is 0.357 e. The van der Waals surface area contributed by atoms with Gasteiger partial charge in [-0.1, -0.05) is 62.4 Å². The van der Waals surface area contributed by atoms with Gasteiger partial charge in [0.05, 0.1) is 0 Å². The van der Waals surface area contributed by atoms with Crippen LogP contribution in [0.2, 0.25) is 0 Å². The lowest BCUT2D eigenvalue weighted by Gasteiger charge is -2.44. The van der Waals surface area contributed by atoms with Gasteiger partial charge < -0.3 is 10.1 Å². The molecule has 0 aliphatic carbocycles. The third kappa shape index (κ3) is 3.39. The molecule has 0 unspecified atom stereocenters. The lowest BCUT2D eigenvalue weighted by molar-refractivity contribution is -0.494. The Bertz CT molecular complexity index is 617. The van der Waals surface area contributed by atoms with E-state index in [0.717, 1.165) is 11.3 Å². The molecule has 2 aromatic carbocycles. The molecule has 1 saturated heterocycles. The standard InChI is InChI=1S/C19H23NO3/c1-14(2)17-21-18(20-16-12-8-5-9-13-16)19(3,23-22-17)15-10-6-4-7-11-15/h4-14,17-18,20H,1-3H3/t17-,18+,19-/m0/s1. The summed E-state index contributed by atoms with van der Waals surface area (Å²) in [6, 6.07) is 20.0. The Morgan fingerprint density at radius 2 is 1.57 bits per heavy atom. The third-order valence-corrected chi connectivity index (χ3v) is 4.05. The van der Waals surface area contributed by atoms with Gasteiger partial charge in [0.2, 0.25) is 0 Å². The van der Waals surface area contributed by atoms with E-state index in [4.69, 9.17) is 14.5 Å². The van der Waals surface area contributed by atoms with Crippen LogP contribution in [0, 0.1) is 5.92 Å². The van der Waals surface area contributed by atoms with Crippen LogP contribution in [-0.2, 0) is 20.1 Å². The van der Waals surface area contributed by atoms with Crippen LogP contribution in [0.1, 0.15) is 26.3 Å². The molecule has 3 atom stereocenters. The smallest absolute Gasteiger partial charge is 0.196 e. The van der Waals surface area contributed by atoms with Crippen molar-refractivity contribution < 1.29 is 14.5 Å². The molecule has 4 heteroatoms. The number of hydrogen-bond donors (Lipinski definition) is 1. The van der Waals surface area contributed by atoms with Crippen LogP contribution in [0.15, 0.2) is 60.7 Å². The molecule has 0 aromatic heterocycles. The van der Waals surface area contributed by atoms with Crippen molar-refractivity contribution in [3.63, 3.8) is 0 Å². The molecular weight excluding hydrogens is 290 g/mol. The molecule has 122 valence electrons. The predicted octanol–water partition coefficient (Wildman–Crippen LogP) is 4.30. The molecule has 23 heavy (non-hydrogen) atoms. The first-order valence-corrected chi connectivity index (χ1v) is 7.96. The highest BCUT2D eigenvalue weighted by molar-refractivity contribution is 5.44. The molecule has 1 N–H and O–H groups in total. The molecule has 1 heterocycles. The lowest BCUT2D eigenvalue weighted by Crippen LogP contribution is -2.53. The highest BCUT2D eigenvalue weighted by Crippen LogP contribution is 2.37. The van der Waals surface area contributed by atoms with Crippen LogP contribution in [-0.4, -0.2) is 12.5 Å². The minimum absolute atomic E-state index is 0.190. The number of benzene rings is 2. The van der Waals surface area contributed by atoms with Crippen LogP contribution < -0.4 is 5.32 Å². The van der Waals surface area contributed by atoms with E-state index in [1.54, 1.807) is 0 Å². The number of rotatable bonds is 4. The number of nitrogens with one attached hydrogen (secondary N) is 1. The van der Waals surface area contributed by atoms with E-state index in [9.17, 15) is 0 Å². The fourth-order valence-electron chi connectivity index (χ4n) is 2.57. The molecule has 0 saturated carbocycles. The summed E-state index contributed by atoms with van der Waals surface area (Å²) in [6.07, 6.45) is -0.776. The van der Waals surface area contributed by atoms with Crippen LogP contribution in [0.25, 0.3) is 0 Å². The van der Waals surface area contributed by atoms with Crippen molar-refractivity contribution in [2.24, 2.45) is 5.92 Å². The SMILES string of the molecule is CC(C)[C@@H]1OO[C@@](C)(c2ccccc2)[C@H](Nc2ccccc2)O1. The first-order valence-electron chi connectivity index (χ1n) is 7.96. The lowest BCUT2D eigenvalue weighted by atomic mass is 9.93. The van der Waals surface area contributed by atoms with Crippen LogP contribution in [0.3, 0.4) is 0 Å². The first kappa shape index (κ1) is 16.0. The highest BCUT2D eigenvalue weighted by atomic mass is 17.2. The molecule has 0 bridgehead atoms. The summed E-state index contributed by atoms with van der Waals surface area (Å²) in [7, 11) is 0. The molecule has 1 fully saturated rings. The van der Waals surface area contributed by atoms with E-state index in [1.165, 1.54) is 0 Å². The number of para-hydroxylation sites is 1. The minimum Gasteiger partial charge on any atom is -0.357 e. The van der Waals surface area contributed by atoms with Gasteiger partial charge in [0.25, 0.3) is 0 Å². The number of hydrogen-bond acceptors (Lipinski definition) is 4. The van der Waals surface area contributed by atoms with Crippen molar-refractivity contribution in [2.45, 2.75) is 38.9 Å². The Balaban J connectivity index is 1.90. The maximum absolute atomic E-state index is 6.16. The summed E-state index contributed by atoms with van der Waals surface area (Å²) in [5.74, 6) is 0.190. The van der Waals surface area contributed by atoms with Gasteiger partial charge in [-0.2, -0.15) is 0 Å². The molecule has 0 spiro atoms. The number of ether oxygens (including phenoxy) is 1. The monoisotopic (exact) mass is 313 g/mol. The van der Waals surface area contributed by atoms with E-state index < -0.39 is 11.9 Å². The Morgan fingerprint density at radius 3 is 2.17 bits per heavy atom. The zero-order valence-electron chi connectivity index (χ0n) is 13.7. The molecule has 4 nitrogen and oxygen atoms in total. The Labute approximate surface area is 137 Å². The van der Waals surface area contributed by atoms with Gasteiger partial charge >= 0.3 is 0 Å². The van der Waals surface area contributed by atoms with E-state index in [-0.39, 0.29) is 12.1 Å². The van der Waals surface area contributed by atoms with Crippen molar-refractivity contribution in [1.82, 2.24) is 0 Å². The van der Waals surface area contributed by atoms with Crippen molar-refractivity contribution >= 4 is 5.69 Å². The summed E-state index contributed by atoms with van der Waals surface area (Å²) in [5.41, 5.74) is 1.23. The van der Waals surface area contributed by atoms with E-state index in [1.807, 2.05) is 81.4 Å². The van der Waals surface area contributed by atoms with E-state index in [0.29, 0.717) is 0 Å². The summed E-state index contributed by atoms with van der Waals surface area (Å²) in [4.78, 5) is 11.3. The van der Waals surface area contributed by atoms with Gasteiger partial charge in [-0.3, -0.25) is 0 Å². The second-order valence-corrected chi connectivity index (χ2v) is 6.29. The van der Waals surface area contributed by atoms with Gasteiger partial charge in [-0.05, 0) is 24.6 Å². The number of anilines is 1. The zero-order chi connectivity index (χ0) is 16.3. The fourth-order valence-corrected chi connectivity index (χ4v) is 2.57. The Kier molecular flexibility index (Phi) is 4.66. The van der Waals surface area contributed by atoms with Gasteiger partial charge in [-0.15, -0.1) is 0 Å². The molecular formula is C19H23NO3. The van der Waals surface area contributed by atoms with Crippen molar-refractivity contribution in [1.29, 1.82) is 0 Å². The van der Waals surface area contributed by atoms with E-state index >= 15 is 0 Å². The van der Waals surface area contributed by atoms with Crippen molar-refractivity contribution in [3.8, 4) is 0 Å². The molecule has 1 aliphatic heterocycles. The maximum atomic E-state index is 6.16. The third-order valence-electron chi connectivity index (χ3n) is 4.05. The predicted molar refractivity (Wildman–Crippen MR) is 89.5 cm³/mol. The Morgan fingerprint density at radius 1 is 0.957 bits per heavy atom. The van der Waals surface area contributed by atoms with Crippen molar-refractivity contribution in [3.05, 3.63) is 66.2 Å². The molecule has 2 aromatic rings. The molecule has 0 amide bonds. The van der Waals surface area contributed by atoms with Gasteiger partial charge in [0.1, 0.15) is 0 Å². The van der Waals surface area contributed by atoms with Crippen molar-refractivity contribution in [2.75, 3.05) is 5.32 Å². The topological polar surface area (TPSA) is 39.7 Å². The fraction of sp³-hybridized carbons (Fsp3) is 0.368. The summed E-state index contributed by atoms with van der Waals surface area (Å²) in [6.45, 7) is 6.05. The second kappa shape index (κ2) is 6.71. The van der Waals surface area contributed by atoms with Crippen LogP contribution in [0.5, 0.6) is 0 Å². The summed E-state index contributed by atoms with van der Waals surface area (Å²) < 4.78 is 6.16. The average Bonchev–Trinajstić information content (AvgIpc) is 2.58. The van der Waals surface area contributed by atoms with E-state index in [2.05, 4.69) is 5.32 Å². The summed E-state index contributed by atoms with van der Waals surface area (Å²) >= 11 is 0. The van der Waals surface area contributed by atoms with Gasteiger partial charge in [0.15, 0.2) is 18.1 Å². The highest BCUT2D eigenvalue weighted by Gasteiger charge is 2.46. The van der Waals surface area contributed by atoms with Crippen LogP contribution in [0.4, 0.5) is 5.69 Å². The second-order valence-electron chi connectivity index (χ2n) is 6.29. The van der Waals surface area contributed by atoms with Gasteiger partial charge in [0, 0.05) is 11.6 Å². The minimum atomic E-state index is -0.748. The summed E-state index contributed by atoms with van der Waals surface area (Å²) in [5, 5.41) is 3.43.